The Morgan fingerprint density at radius 1 is 1.31 bits per heavy atom. The highest BCUT2D eigenvalue weighted by atomic mass is 79.9. The van der Waals surface area contributed by atoms with E-state index in [1.165, 1.54) is 0 Å². The van der Waals surface area contributed by atoms with E-state index in [1.54, 1.807) is 11.4 Å². The molecule has 0 unspecified atom stereocenters. The summed E-state index contributed by atoms with van der Waals surface area (Å²) in [6.45, 7) is 1.45. The van der Waals surface area contributed by atoms with Gasteiger partial charge in [-0.3, -0.25) is 0 Å². The van der Waals surface area contributed by atoms with Crippen LogP contribution in [0.4, 0.5) is 0 Å². The number of hydrogen-bond donors (Lipinski definition) is 0. The van der Waals surface area contributed by atoms with Crippen molar-refractivity contribution in [1.29, 1.82) is 0 Å². The van der Waals surface area contributed by atoms with Gasteiger partial charge in [0.2, 0.25) is 10.0 Å². The van der Waals surface area contributed by atoms with Crippen molar-refractivity contribution in [3.63, 3.8) is 0 Å². The first-order valence-corrected chi connectivity index (χ1v) is 8.29. The average molecular weight is 314 g/mol. The van der Waals surface area contributed by atoms with Crippen molar-refractivity contribution in [3.8, 4) is 0 Å². The highest BCUT2D eigenvalue weighted by molar-refractivity contribution is 9.09. The Labute approximate surface area is 107 Å². The maximum Gasteiger partial charge on any atom is 0.217 e. The van der Waals surface area contributed by atoms with E-state index in [2.05, 4.69) is 15.9 Å². The van der Waals surface area contributed by atoms with Crippen molar-refractivity contribution in [2.45, 2.75) is 30.9 Å². The lowest BCUT2D eigenvalue weighted by molar-refractivity contribution is 0.180. The molecule has 0 aromatic carbocycles. The molecule has 1 rings (SSSR count). The third-order valence-electron chi connectivity index (χ3n) is 2.96. The fourth-order valence-corrected chi connectivity index (χ4v) is 4.74. The molecule has 0 aromatic rings. The van der Waals surface area contributed by atoms with Crippen LogP contribution in [0.2, 0.25) is 0 Å². The SMILES string of the molecule is COCCN(CCBr)S(=O)(=O)C1CCCC1. The monoisotopic (exact) mass is 313 g/mol. The molecule has 0 N–H and O–H groups in total. The van der Waals surface area contributed by atoms with E-state index in [0.29, 0.717) is 25.0 Å². The zero-order chi connectivity index (χ0) is 12.0. The van der Waals surface area contributed by atoms with E-state index >= 15 is 0 Å². The Hall–Kier alpha value is 0.350. The van der Waals surface area contributed by atoms with Gasteiger partial charge in [-0.05, 0) is 12.8 Å². The molecule has 0 saturated heterocycles. The van der Waals surface area contributed by atoms with Gasteiger partial charge in [0.25, 0.3) is 0 Å². The molecule has 1 aliphatic carbocycles. The van der Waals surface area contributed by atoms with Crippen LogP contribution in [-0.2, 0) is 14.8 Å². The zero-order valence-electron chi connectivity index (χ0n) is 9.69. The fraction of sp³-hybridized carbons (Fsp3) is 1.00. The summed E-state index contributed by atoms with van der Waals surface area (Å²) in [5.74, 6) is 0. The highest BCUT2D eigenvalue weighted by Gasteiger charge is 2.33. The second kappa shape index (κ2) is 6.93. The van der Waals surface area contributed by atoms with E-state index in [0.717, 1.165) is 25.7 Å². The zero-order valence-corrected chi connectivity index (χ0v) is 12.1. The van der Waals surface area contributed by atoms with Crippen molar-refractivity contribution >= 4 is 26.0 Å². The van der Waals surface area contributed by atoms with Gasteiger partial charge < -0.3 is 4.74 Å². The molecule has 1 saturated carbocycles. The first kappa shape index (κ1) is 14.4. The summed E-state index contributed by atoms with van der Waals surface area (Å²) in [7, 11) is -1.52. The fourth-order valence-electron chi connectivity index (χ4n) is 2.05. The number of methoxy groups -OCH3 is 1. The van der Waals surface area contributed by atoms with Crippen LogP contribution in [-0.4, -0.2) is 50.1 Å². The molecule has 0 atom stereocenters. The van der Waals surface area contributed by atoms with Crippen LogP contribution in [0.5, 0.6) is 0 Å². The van der Waals surface area contributed by atoms with Gasteiger partial charge in [0, 0.05) is 25.5 Å². The van der Waals surface area contributed by atoms with E-state index in [-0.39, 0.29) is 5.25 Å². The number of hydrogen-bond acceptors (Lipinski definition) is 3. The normalized spacial score (nSPS) is 18.4. The molecule has 16 heavy (non-hydrogen) atoms. The smallest absolute Gasteiger partial charge is 0.217 e. The van der Waals surface area contributed by atoms with Gasteiger partial charge in [-0.25, -0.2) is 8.42 Å². The molecule has 0 aliphatic heterocycles. The van der Waals surface area contributed by atoms with Gasteiger partial charge in [0.1, 0.15) is 0 Å². The van der Waals surface area contributed by atoms with Gasteiger partial charge in [-0.15, -0.1) is 0 Å². The minimum Gasteiger partial charge on any atom is -0.383 e. The third kappa shape index (κ3) is 3.68. The Balaban J connectivity index is 2.66. The van der Waals surface area contributed by atoms with Gasteiger partial charge in [-0.1, -0.05) is 28.8 Å². The van der Waals surface area contributed by atoms with Crippen LogP contribution >= 0.6 is 15.9 Å². The first-order chi connectivity index (χ1) is 7.62. The summed E-state index contributed by atoms with van der Waals surface area (Å²) in [4.78, 5) is 0. The second-order valence-electron chi connectivity index (χ2n) is 4.03. The Kier molecular flexibility index (Phi) is 6.25. The number of halogens is 1. The quantitative estimate of drug-likeness (QED) is 0.671. The Morgan fingerprint density at radius 2 is 1.94 bits per heavy atom. The molecular weight excluding hydrogens is 294 g/mol. The molecule has 4 nitrogen and oxygen atoms in total. The first-order valence-electron chi connectivity index (χ1n) is 5.66. The van der Waals surface area contributed by atoms with Gasteiger partial charge >= 0.3 is 0 Å². The minimum atomic E-state index is -3.11. The Bertz CT molecular complexity index is 288. The van der Waals surface area contributed by atoms with Crippen LogP contribution in [0.1, 0.15) is 25.7 Å². The number of nitrogens with zero attached hydrogens (tertiary/aromatic N) is 1. The summed E-state index contributed by atoms with van der Waals surface area (Å²) in [6, 6.07) is 0. The average Bonchev–Trinajstić information content (AvgIpc) is 2.77. The van der Waals surface area contributed by atoms with E-state index < -0.39 is 10.0 Å². The number of ether oxygens (including phenoxy) is 1. The van der Waals surface area contributed by atoms with E-state index in [1.807, 2.05) is 0 Å². The minimum absolute atomic E-state index is 0.164. The van der Waals surface area contributed by atoms with Crippen molar-refractivity contribution < 1.29 is 13.2 Å². The van der Waals surface area contributed by atoms with Crippen molar-refractivity contribution in [2.75, 3.05) is 32.1 Å². The topological polar surface area (TPSA) is 46.6 Å². The van der Waals surface area contributed by atoms with Gasteiger partial charge in [0.05, 0.1) is 11.9 Å². The van der Waals surface area contributed by atoms with Gasteiger partial charge in [0.15, 0.2) is 0 Å². The van der Waals surface area contributed by atoms with Crippen LogP contribution in [0.15, 0.2) is 0 Å². The molecule has 0 aromatic heterocycles. The molecular formula is C10H20BrNO3S. The van der Waals surface area contributed by atoms with Crippen molar-refractivity contribution in [3.05, 3.63) is 0 Å². The largest absolute Gasteiger partial charge is 0.383 e. The van der Waals surface area contributed by atoms with Crippen LogP contribution in [0.3, 0.4) is 0 Å². The lowest BCUT2D eigenvalue weighted by Crippen LogP contribution is -2.40. The number of alkyl halides is 1. The maximum absolute atomic E-state index is 12.3. The third-order valence-corrected chi connectivity index (χ3v) is 5.72. The predicted molar refractivity (Wildman–Crippen MR) is 68.4 cm³/mol. The second-order valence-corrected chi connectivity index (χ2v) is 7.04. The summed E-state index contributed by atoms with van der Waals surface area (Å²) in [5, 5.41) is 0.506. The van der Waals surface area contributed by atoms with Crippen LogP contribution in [0.25, 0.3) is 0 Å². The molecule has 0 spiro atoms. The molecule has 6 heteroatoms. The highest BCUT2D eigenvalue weighted by Crippen LogP contribution is 2.27. The predicted octanol–water partition coefficient (Wildman–Crippen LogP) is 1.60. The molecule has 0 heterocycles. The number of rotatable bonds is 7. The van der Waals surface area contributed by atoms with E-state index in [4.69, 9.17) is 4.74 Å². The lowest BCUT2D eigenvalue weighted by Gasteiger charge is -2.24. The maximum atomic E-state index is 12.3. The van der Waals surface area contributed by atoms with Gasteiger partial charge in [-0.2, -0.15) is 4.31 Å². The van der Waals surface area contributed by atoms with E-state index in [9.17, 15) is 8.42 Å². The Morgan fingerprint density at radius 3 is 2.44 bits per heavy atom. The lowest BCUT2D eigenvalue weighted by atomic mass is 10.4. The van der Waals surface area contributed by atoms with Crippen LogP contribution < -0.4 is 0 Å². The van der Waals surface area contributed by atoms with Crippen molar-refractivity contribution in [1.82, 2.24) is 4.31 Å². The number of sulfonamides is 1. The molecule has 0 bridgehead atoms. The molecule has 0 radical (unpaired) electrons. The van der Waals surface area contributed by atoms with Crippen molar-refractivity contribution in [2.24, 2.45) is 0 Å². The molecule has 96 valence electrons. The van der Waals surface area contributed by atoms with Crippen LogP contribution in [0, 0.1) is 0 Å². The summed E-state index contributed by atoms with van der Waals surface area (Å²) in [5.41, 5.74) is 0. The molecule has 1 aliphatic rings. The summed E-state index contributed by atoms with van der Waals surface area (Å²) in [6.07, 6.45) is 3.70. The standard InChI is InChI=1S/C10H20BrNO3S/c1-15-9-8-12(7-6-11)16(13,14)10-4-2-3-5-10/h10H,2-9H2,1H3. The summed E-state index contributed by atoms with van der Waals surface area (Å²) < 4.78 is 31.1. The summed E-state index contributed by atoms with van der Waals surface area (Å²) >= 11 is 3.30. The molecule has 0 amide bonds. The molecule has 1 fully saturated rings.